The quantitative estimate of drug-likeness (QED) is 0.678. The van der Waals surface area contributed by atoms with E-state index >= 15 is 0 Å². The van der Waals surface area contributed by atoms with Crippen molar-refractivity contribution in [3.05, 3.63) is 65.1 Å². The number of halogens is 2. The summed E-state index contributed by atoms with van der Waals surface area (Å²) in [5.74, 6) is -3.56. The van der Waals surface area contributed by atoms with Gasteiger partial charge in [-0.25, -0.2) is 27.9 Å². The molecule has 3 N–H and O–H groups in total. The number of hydrogen-bond acceptors (Lipinski definition) is 6. The second-order valence-corrected chi connectivity index (χ2v) is 4.88. The second kappa shape index (κ2) is 8.12. The van der Waals surface area contributed by atoms with Crippen LogP contribution in [0.1, 0.15) is 26.5 Å². The Morgan fingerprint density at radius 2 is 1.96 bits per heavy atom. The van der Waals surface area contributed by atoms with Crippen LogP contribution >= 0.6 is 0 Å². The number of aromatic nitrogens is 3. The third kappa shape index (κ3) is 4.16. The van der Waals surface area contributed by atoms with E-state index < -0.39 is 23.6 Å². The third-order valence-electron chi connectivity index (χ3n) is 3.19. The molecule has 3 rings (SSSR count). The van der Waals surface area contributed by atoms with Gasteiger partial charge in [-0.15, -0.1) is 0 Å². The van der Waals surface area contributed by atoms with Gasteiger partial charge in [0.2, 0.25) is 0 Å². The molecule has 0 saturated heterocycles. The summed E-state index contributed by atoms with van der Waals surface area (Å²) in [5, 5.41) is 12.7. The lowest BCUT2D eigenvalue weighted by atomic mass is 10.2. The summed E-state index contributed by atoms with van der Waals surface area (Å²) < 4.78 is 30.3. The van der Waals surface area contributed by atoms with Crippen LogP contribution in [0.25, 0.3) is 5.65 Å². The monoisotopic (exact) mass is 364 g/mol. The van der Waals surface area contributed by atoms with Crippen LogP contribution in [0.3, 0.4) is 0 Å². The van der Waals surface area contributed by atoms with E-state index in [1.807, 2.05) is 0 Å². The first kappa shape index (κ1) is 18.9. The number of carboxylic acid groups (broad SMARTS) is 1. The van der Waals surface area contributed by atoms with Crippen LogP contribution < -0.4 is 5.73 Å². The molecule has 26 heavy (non-hydrogen) atoms. The molecule has 0 bridgehead atoms. The van der Waals surface area contributed by atoms with Crippen LogP contribution in [0.2, 0.25) is 0 Å². The van der Waals surface area contributed by atoms with Gasteiger partial charge in [0, 0.05) is 18.7 Å². The number of rotatable bonds is 3. The zero-order chi connectivity index (χ0) is 19.3. The van der Waals surface area contributed by atoms with Crippen molar-refractivity contribution in [2.24, 2.45) is 5.73 Å². The molecule has 2 aromatic heterocycles. The Labute approximate surface area is 145 Å². The molecule has 10 heteroatoms. The molecular formula is C16H14F2N4O4. The maximum atomic E-state index is 12.3. The molecule has 0 radical (unpaired) electrons. The first-order valence-corrected chi connectivity index (χ1v) is 7.17. The highest BCUT2D eigenvalue weighted by Crippen LogP contribution is 2.09. The fourth-order valence-electron chi connectivity index (χ4n) is 1.94. The number of hydrogen-bond donors (Lipinski definition) is 2. The molecule has 0 unspecified atom stereocenters. The van der Waals surface area contributed by atoms with Gasteiger partial charge in [-0.1, -0.05) is 6.07 Å². The van der Waals surface area contributed by atoms with Gasteiger partial charge in [0.1, 0.15) is 0 Å². The Kier molecular flexibility index (Phi) is 5.91. The van der Waals surface area contributed by atoms with Crippen LogP contribution in [-0.4, -0.2) is 38.8 Å². The van der Waals surface area contributed by atoms with E-state index in [1.54, 1.807) is 0 Å². The lowest BCUT2D eigenvalue weighted by molar-refractivity contribution is 0.0590. The molecule has 136 valence electrons. The molecule has 0 spiro atoms. The van der Waals surface area contributed by atoms with Crippen LogP contribution in [0.15, 0.2) is 36.5 Å². The predicted octanol–water partition coefficient (Wildman–Crippen LogP) is 1.64. The van der Waals surface area contributed by atoms with Gasteiger partial charge < -0.3 is 15.6 Å². The minimum absolute atomic E-state index is 0.0231. The molecule has 0 fully saturated rings. The lowest BCUT2D eigenvalue weighted by Crippen LogP contribution is -2.13. The van der Waals surface area contributed by atoms with Gasteiger partial charge in [0.05, 0.1) is 13.3 Å². The van der Waals surface area contributed by atoms with Crippen LogP contribution in [-0.2, 0) is 11.3 Å². The smallest absolute Gasteiger partial charge is 0.356 e. The summed E-state index contributed by atoms with van der Waals surface area (Å²) >= 11 is 0. The number of carbonyl (C=O) groups is 2. The number of benzene rings is 1. The van der Waals surface area contributed by atoms with Crippen LogP contribution in [0.4, 0.5) is 8.78 Å². The SMILES string of the molecule is COC(=O)c1cc(C(=O)O)nc2ccnn12.NCc1ccc(F)c(F)c1. The normalized spacial score (nSPS) is 10.2. The summed E-state index contributed by atoms with van der Waals surface area (Å²) in [6.07, 6.45) is 1.42. The van der Waals surface area contributed by atoms with E-state index in [2.05, 4.69) is 14.8 Å². The van der Waals surface area contributed by atoms with Crippen molar-refractivity contribution in [2.45, 2.75) is 6.54 Å². The molecule has 0 aliphatic carbocycles. The summed E-state index contributed by atoms with van der Waals surface area (Å²) in [4.78, 5) is 26.0. The van der Waals surface area contributed by atoms with Gasteiger partial charge >= 0.3 is 11.9 Å². The van der Waals surface area contributed by atoms with Crippen molar-refractivity contribution in [3.8, 4) is 0 Å². The minimum Gasteiger partial charge on any atom is -0.477 e. The topological polar surface area (TPSA) is 120 Å². The first-order valence-electron chi connectivity index (χ1n) is 7.17. The standard InChI is InChI=1S/C9H7N3O4.C7H7F2N/c1-16-9(15)6-4-5(8(13)14)11-7-2-3-10-12(6)7;8-6-2-1-5(4-10)3-7(6)9/h2-4H,1H3,(H,13,14);1-3H,4,10H2. The van der Waals surface area contributed by atoms with Crippen molar-refractivity contribution in [3.63, 3.8) is 0 Å². The minimum atomic E-state index is -1.21. The molecule has 2 heterocycles. The number of nitrogens with two attached hydrogens (primary N) is 1. The summed E-state index contributed by atoms with van der Waals surface area (Å²) in [6, 6.07) is 6.23. The van der Waals surface area contributed by atoms with Gasteiger partial charge in [-0.05, 0) is 17.7 Å². The van der Waals surface area contributed by atoms with E-state index in [0.29, 0.717) is 5.56 Å². The van der Waals surface area contributed by atoms with Crippen molar-refractivity contribution < 1.29 is 28.2 Å². The van der Waals surface area contributed by atoms with Crippen molar-refractivity contribution in [1.29, 1.82) is 0 Å². The Bertz CT molecular complexity index is 959. The summed E-state index contributed by atoms with van der Waals surface area (Å²) in [7, 11) is 1.21. The number of aromatic carboxylic acids is 1. The average molecular weight is 364 g/mol. The number of fused-ring (bicyclic) bond motifs is 1. The summed E-state index contributed by atoms with van der Waals surface area (Å²) in [6.45, 7) is 0.233. The summed E-state index contributed by atoms with van der Waals surface area (Å²) in [5.41, 5.74) is 5.85. The lowest BCUT2D eigenvalue weighted by Gasteiger charge is -2.03. The number of ether oxygens (including phenoxy) is 1. The fraction of sp³-hybridized carbons (Fsp3) is 0.125. The highest BCUT2D eigenvalue weighted by Gasteiger charge is 2.16. The Balaban J connectivity index is 0.000000209. The molecule has 0 aliphatic heterocycles. The van der Waals surface area contributed by atoms with E-state index in [1.165, 1.54) is 30.0 Å². The van der Waals surface area contributed by atoms with Crippen LogP contribution in [0, 0.1) is 11.6 Å². The van der Waals surface area contributed by atoms with Crippen molar-refractivity contribution >= 4 is 17.6 Å². The molecule has 0 atom stereocenters. The van der Waals surface area contributed by atoms with Crippen LogP contribution in [0.5, 0.6) is 0 Å². The number of esters is 1. The molecule has 0 saturated carbocycles. The number of nitrogens with zero attached hydrogens (tertiary/aromatic N) is 3. The molecule has 0 aliphatic rings. The zero-order valence-corrected chi connectivity index (χ0v) is 13.5. The van der Waals surface area contributed by atoms with E-state index in [9.17, 15) is 18.4 Å². The van der Waals surface area contributed by atoms with Gasteiger partial charge in [-0.3, -0.25) is 0 Å². The van der Waals surface area contributed by atoms with Gasteiger partial charge in [0.25, 0.3) is 0 Å². The molecule has 8 nitrogen and oxygen atoms in total. The maximum Gasteiger partial charge on any atom is 0.356 e. The largest absolute Gasteiger partial charge is 0.477 e. The highest BCUT2D eigenvalue weighted by molar-refractivity contribution is 5.92. The molecule has 0 amide bonds. The van der Waals surface area contributed by atoms with E-state index in [-0.39, 0.29) is 23.6 Å². The predicted molar refractivity (Wildman–Crippen MR) is 85.5 cm³/mol. The number of methoxy groups -OCH3 is 1. The fourth-order valence-corrected chi connectivity index (χ4v) is 1.94. The maximum absolute atomic E-state index is 12.3. The average Bonchev–Trinajstić information content (AvgIpc) is 3.11. The first-order chi connectivity index (χ1) is 12.4. The highest BCUT2D eigenvalue weighted by atomic mass is 19.2. The second-order valence-electron chi connectivity index (χ2n) is 4.88. The Morgan fingerprint density at radius 1 is 1.23 bits per heavy atom. The number of carboxylic acids is 1. The van der Waals surface area contributed by atoms with Gasteiger partial charge in [-0.2, -0.15) is 5.10 Å². The zero-order valence-electron chi connectivity index (χ0n) is 13.5. The van der Waals surface area contributed by atoms with Crippen molar-refractivity contribution in [2.75, 3.05) is 7.11 Å². The van der Waals surface area contributed by atoms with E-state index in [0.717, 1.165) is 18.2 Å². The Hall–Kier alpha value is -3.40. The van der Waals surface area contributed by atoms with Crippen molar-refractivity contribution in [1.82, 2.24) is 14.6 Å². The number of carbonyl (C=O) groups excluding carboxylic acids is 1. The molecular weight excluding hydrogens is 350 g/mol. The molecule has 1 aromatic carbocycles. The van der Waals surface area contributed by atoms with E-state index in [4.69, 9.17) is 10.8 Å². The van der Waals surface area contributed by atoms with Gasteiger partial charge in [0.15, 0.2) is 28.7 Å². The Morgan fingerprint density at radius 3 is 2.54 bits per heavy atom. The third-order valence-corrected chi connectivity index (χ3v) is 3.19. The molecule has 3 aromatic rings.